The van der Waals surface area contributed by atoms with Gasteiger partial charge in [0.2, 0.25) is 0 Å². The quantitative estimate of drug-likeness (QED) is 0.761. The summed E-state index contributed by atoms with van der Waals surface area (Å²) in [5.74, 6) is 0.235. The van der Waals surface area contributed by atoms with Crippen molar-refractivity contribution >= 4 is 5.82 Å². The van der Waals surface area contributed by atoms with Gasteiger partial charge in [-0.2, -0.15) is 5.26 Å². The predicted molar refractivity (Wildman–Crippen MR) is 41.2 cm³/mol. The third kappa shape index (κ3) is 2.99. The van der Waals surface area contributed by atoms with Gasteiger partial charge in [-0.3, -0.25) is 0 Å². The number of alkyl halides is 2. The van der Waals surface area contributed by atoms with Gasteiger partial charge in [-0.15, -0.1) is 0 Å². The minimum atomic E-state index is -2.43. The first kappa shape index (κ1) is 9.32. The van der Waals surface area contributed by atoms with Gasteiger partial charge in [-0.25, -0.2) is 18.7 Å². The van der Waals surface area contributed by atoms with Gasteiger partial charge in [0.25, 0.3) is 6.43 Å². The number of hydrogen-bond donors (Lipinski definition) is 1. The molecule has 0 saturated carbocycles. The fourth-order valence-corrected chi connectivity index (χ4v) is 0.659. The average Bonchev–Trinajstić information content (AvgIpc) is 2.15. The Hall–Kier alpha value is -1.77. The molecule has 1 heterocycles. The Morgan fingerprint density at radius 2 is 2.23 bits per heavy atom. The van der Waals surface area contributed by atoms with Gasteiger partial charge in [0, 0.05) is 0 Å². The second kappa shape index (κ2) is 4.30. The predicted octanol–water partition coefficient (Wildman–Crippen LogP) is 1.03. The number of nitrogens with zero attached hydrogens (tertiary/aromatic N) is 3. The van der Waals surface area contributed by atoms with Crippen molar-refractivity contribution in [3.8, 4) is 6.07 Å². The largest absolute Gasteiger partial charge is 0.363 e. The molecular formula is C7H6F2N4. The molecule has 0 atom stereocenters. The summed E-state index contributed by atoms with van der Waals surface area (Å²) in [4.78, 5) is 7.34. The Morgan fingerprint density at radius 3 is 2.69 bits per heavy atom. The van der Waals surface area contributed by atoms with Gasteiger partial charge in [0.05, 0.1) is 18.9 Å². The average molecular weight is 184 g/mol. The molecule has 1 N–H and O–H groups in total. The zero-order valence-corrected chi connectivity index (χ0v) is 6.54. The van der Waals surface area contributed by atoms with E-state index in [0.29, 0.717) is 0 Å². The van der Waals surface area contributed by atoms with Crippen molar-refractivity contribution in [1.29, 1.82) is 5.26 Å². The molecule has 0 fully saturated rings. The number of hydrogen-bond acceptors (Lipinski definition) is 4. The third-order valence-electron chi connectivity index (χ3n) is 1.20. The van der Waals surface area contributed by atoms with E-state index in [0.717, 1.165) is 0 Å². The third-order valence-corrected chi connectivity index (χ3v) is 1.20. The van der Waals surface area contributed by atoms with Gasteiger partial charge < -0.3 is 5.32 Å². The van der Waals surface area contributed by atoms with E-state index in [1.807, 2.05) is 0 Å². The highest BCUT2D eigenvalue weighted by Gasteiger charge is 2.02. The van der Waals surface area contributed by atoms with Crippen molar-refractivity contribution in [3.63, 3.8) is 0 Å². The van der Waals surface area contributed by atoms with Crippen molar-refractivity contribution in [3.05, 3.63) is 18.1 Å². The topological polar surface area (TPSA) is 61.6 Å². The first-order chi connectivity index (χ1) is 6.22. The second-order valence-corrected chi connectivity index (χ2v) is 2.17. The number of rotatable bonds is 3. The van der Waals surface area contributed by atoms with Crippen LogP contribution >= 0.6 is 0 Å². The Balaban J connectivity index is 2.55. The van der Waals surface area contributed by atoms with E-state index in [2.05, 4.69) is 15.3 Å². The van der Waals surface area contributed by atoms with Crippen LogP contribution in [0.4, 0.5) is 14.6 Å². The Morgan fingerprint density at radius 1 is 1.46 bits per heavy atom. The van der Waals surface area contributed by atoms with Crippen LogP contribution in [-0.2, 0) is 0 Å². The molecule has 0 aliphatic rings. The van der Waals surface area contributed by atoms with E-state index < -0.39 is 13.0 Å². The van der Waals surface area contributed by atoms with Gasteiger partial charge in [0.15, 0.2) is 5.69 Å². The molecule has 0 aliphatic carbocycles. The summed E-state index contributed by atoms with van der Waals surface area (Å²) < 4.78 is 23.4. The molecule has 0 aliphatic heterocycles. The lowest BCUT2D eigenvalue weighted by atomic mass is 10.5. The molecule has 0 saturated heterocycles. The maximum atomic E-state index is 11.7. The summed E-state index contributed by atoms with van der Waals surface area (Å²) in [7, 11) is 0. The molecule has 1 rings (SSSR count). The van der Waals surface area contributed by atoms with Crippen molar-refractivity contribution in [2.75, 3.05) is 11.9 Å². The Labute approximate surface area is 73.2 Å². The van der Waals surface area contributed by atoms with Crippen molar-refractivity contribution in [1.82, 2.24) is 9.97 Å². The maximum absolute atomic E-state index is 11.7. The van der Waals surface area contributed by atoms with E-state index in [-0.39, 0.29) is 11.5 Å². The summed E-state index contributed by atoms with van der Waals surface area (Å²) >= 11 is 0. The smallest absolute Gasteiger partial charge is 0.255 e. The van der Waals surface area contributed by atoms with Crippen LogP contribution in [-0.4, -0.2) is 22.9 Å². The second-order valence-electron chi connectivity index (χ2n) is 2.17. The standard InChI is InChI=1S/C7H6F2N4/c8-6(9)3-13-7-4-11-5(1-10)2-12-7/h2,4,6H,3H2,(H,12,13). The fourth-order valence-electron chi connectivity index (χ4n) is 0.659. The lowest BCUT2D eigenvalue weighted by Gasteiger charge is -2.02. The minimum Gasteiger partial charge on any atom is -0.363 e. The summed E-state index contributed by atoms with van der Waals surface area (Å²) in [5, 5.41) is 10.7. The van der Waals surface area contributed by atoms with Crippen LogP contribution in [0.5, 0.6) is 0 Å². The van der Waals surface area contributed by atoms with E-state index in [9.17, 15) is 8.78 Å². The Kier molecular flexibility index (Phi) is 3.09. The Bertz CT molecular complexity index is 303. The molecule has 13 heavy (non-hydrogen) atoms. The number of halogens is 2. The van der Waals surface area contributed by atoms with Crippen LogP contribution in [0.2, 0.25) is 0 Å². The molecule has 68 valence electrons. The summed E-state index contributed by atoms with van der Waals surface area (Å²) in [6.45, 7) is -0.472. The summed E-state index contributed by atoms with van der Waals surface area (Å²) in [5.41, 5.74) is 0.155. The molecule has 0 unspecified atom stereocenters. The van der Waals surface area contributed by atoms with Gasteiger partial charge in [-0.05, 0) is 0 Å². The number of nitriles is 1. The van der Waals surface area contributed by atoms with Crippen LogP contribution in [0.25, 0.3) is 0 Å². The van der Waals surface area contributed by atoms with E-state index in [1.54, 1.807) is 6.07 Å². The molecule has 4 nitrogen and oxygen atoms in total. The molecule has 0 amide bonds. The molecule has 0 bridgehead atoms. The monoisotopic (exact) mass is 184 g/mol. The normalized spacial score (nSPS) is 9.69. The molecule has 0 radical (unpaired) electrons. The lowest BCUT2D eigenvalue weighted by molar-refractivity contribution is 0.163. The molecular weight excluding hydrogens is 178 g/mol. The highest BCUT2D eigenvalue weighted by Crippen LogP contribution is 2.01. The van der Waals surface area contributed by atoms with Crippen LogP contribution in [0.15, 0.2) is 12.4 Å². The highest BCUT2D eigenvalue weighted by atomic mass is 19.3. The van der Waals surface area contributed by atoms with Crippen LogP contribution < -0.4 is 5.32 Å². The fraction of sp³-hybridized carbons (Fsp3) is 0.286. The minimum absolute atomic E-state index is 0.155. The van der Waals surface area contributed by atoms with Crippen molar-refractivity contribution in [2.24, 2.45) is 0 Å². The summed E-state index contributed by atoms with van der Waals surface area (Å²) in [6.07, 6.45) is 0.0202. The van der Waals surface area contributed by atoms with Gasteiger partial charge >= 0.3 is 0 Å². The van der Waals surface area contributed by atoms with Gasteiger partial charge in [-0.1, -0.05) is 0 Å². The summed E-state index contributed by atoms with van der Waals surface area (Å²) in [6, 6.07) is 1.77. The zero-order chi connectivity index (χ0) is 9.68. The first-order valence-corrected chi connectivity index (χ1v) is 3.46. The number of aromatic nitrogens is 2. The molecule has 0 aromatic carbocycles. The maximum Gasteiger partial charge on any atom is 0.255 e. The number of anilines is 1. The molecule has 0 spiro atoms. The van der Waals surface area contributed by atoms with Crippen LogP contribution in [0, 0.1) is 11.3 Å². The first-order valence-electron chi connectivity index (χ1n) is 3.46. The van der Waals surface area contributed by atoms with Crippen LogP contribution in [0.3, 0.4) is 0 Å². The van der Waals surface area contributed by atoms with E-state index in [4.69, 9.17) is 5.26 Å². The molecule has 6 heteroatoms. The number of nitrogens with one attached hydrogen (secondary N) is 1. The zero-order valence-electron chi connectivity index (χ0n) is 6.54. The van der Waals surface area contributed by atoms with Gasteiger partial charge in [0.1, 0.15) is 11.9 Å². The van der Waals surface area contributed by atoms with E-state index in [1.165, 1.54) is 12.4 Å². The van der Waals surface area contributed by atoms with Crippen molar-refractivity contribution < 1.29 is 8.78 Å². The highest BCUT2D eigenvalue weighted by molar-refractivity contribution is 5.32. The molecule has 1 aromatic rings. The SMILES string of the molecule is N#Cc1cnc(NCC(F)F)cn1. The van der Waals surface area contributed by atoms with Crippen molar-refractivity contribution in [2.45, 2.75) is 6.43 Å². The lowest BCUT2D eigenvalue weighted by Crippen LogP contribution is -2.11. The molecule has 1 aromatic heterocycles. The van der Waals surface area contributed by atoms with E-state index >= 15 is 0 Å². The van der Waals surface area contributed by atoms with Crippen LogP contribution in [0.1, 0.15) is 5.69 Å².